The lowest BCUT2D eigenvalue weighted by Gasteiger charge is -2.14. The molecule has 0 saturated carbocycles. The minimum atomic E-state index is -0.964. The Morgan fingerprint density at radius 3 is 2.94 bits per heavy atom. The molecule has 3 atom stereocenters. The Hall–Kier alpha value is -1.18. The molecule has 4 heteroatoms. The zero-order valence-corrected chi connectivity index (χ0v) is 10.6. The molecule has 90 valence electrons. The summed E-state index contributed by atoms with van der Waals surface area (Å²) in [7, 11) is -0.964. The molecule has 1 aliphatic rings. The van der Waals surface area contributed by atoms with Crippen molar-refractivity contribution in [2.45, 2.75) is 30.5 Å². The van der Waals surface area contributed by atoms with Gasteiger partial charge < -0.3 is 4.74 Å². The third kappa shape index (κ3) is 2.74. The standard InChI is InChI=1S/C13H15NO2S/c1-10-13(6-7-16-10)17(15)9-12-5-3-2-4-11(12)8-14/h2-5,10,13H,6-7,9H2,1H3. The van der Waals surface area contributed by atoms with Gasteiger partial charge >= 0.3 is 0 Å². The molecule has 1 saturated heterocycles. The van der Waals surface area contributed by atoms with Crippen molar-refractivity contribution < 1.29 is 8.95 Å². The van der Waals surface area contributed by atoms with Gasteiger partial charge in [-0.15, -0.1) is 0 Å². The first-order chi connectivity index (χ1) is 8.22. The summed E-state index contributed by atoms with van der Waals surface area (Å²) in [6.07, 6.45) is 0.910. The highest BCUT2D eigenvalue weighted by Crippen LogP contribution is 2.22. The van der Waals surface area contributed by atoms with E-state index in [1.54, 1.807) is 6.07 Å². The molecule has 2 rings (SSSR count). The Kier molecular flexibility index (Phi) is 3.93. The summed E-state index contributed by atoms with van der Waals surface area (Å²) < 4.78 is 17.6. The van der Waals surface area contributed by atoms with E-state index < -0.39 is 10.8 Å². The molecule has 1 fully saturated rings. The Morgan fingerprint density at radius 2 is 2.29 bits per heavy atom. The number of rotatable bonds is 3. The van der Waals surface area contributed by atoms with E-state index >= 15 is 0 Å². The third-order valence-electron chi connectivity index (χ3n) is 3.08. The van der Waals surface area contributed by atoms with Gasteiger partial charge in [0.15, 0.2) is 0 Å². The van der Waals surface area contributed by atoms with Crippen molar-refractivity contribution in [3.8, 4) is 6.07 Å². The molecular formula is C13H15NO2S. The van der Waals surface area contributed by atoms with Gasteiger partial charge in [-0.2, -0.15) is 5.26 Å². The number of benzene rings is 1. The fraction of sp³-hybridized carbons (Fsp3) is 0.462. The van der Waals surface area contributed by atoms with Crippen molar-refractivity contribution in [2.75, 3.05) is 6.61 Å². The molecule has 1 aromatic carbocycles. The first-order valence-electron chi connectivity index (χ1n) is 5.69. The summed E-state index contributed by atoms with van der Waals surface area (Å²) >= 11 is 0. The van der Waals surface area contributed by atoms with Crippen molar-refractivity contribution in [3.63, 3.8) is 0 Å². The Bertz CT molecular complexity index is 467. The zero-order valence-electron chi connectivity index (χ0n) is 9.76. The molecule has 1 aliphatic heterocycles. The molecule has 0 radical (unpaired) electrons. The molecule has 0 amide bonds. The van der Waals surface area contributed by atoms with E-state index in [-0.39, 0.29) is 11.4 Å². The number of nitrogens with zero attached hydrogens (tertiary/aromatic N) is 1. The molecule has 1 heterocycles. The van der Waals surface area contributed by atoms with Crippen LogP contribution in [0, 0.1) is 11.3 Å². The molecule has 0 N–H and O–H groups in total. The van der Waals surface area contributed by atoms with Gasteiger partial charge in [-0.25, -0.2) is 0 Å². The van der Waals surface area contributed by atoms with Gasteiger partial charge in [-0.3, -0.25) is 4.21 Å². The lowest BCUT2D eigenvalue weighted by molar-refractivity contribution is 0.127. The van der Waals surface area contributed by atoms with Crippen LogP contribution in [0.5, 0.6) is 0 Å². The second-order valence-corrected chi connectivity index (χ2v) is 5.85. The predicted octanol–water partition coefficient (Wildman–Crippen LogP) is 1.98. The van der Waals surface area contributed by atoms with Crippen molar-refractivity contribution in [1.82, 2.24) is 0 Å². The van der Waals surface area contributed by atoms with E-state index in [1.807, 2.05) is 25.1 Å². The summed E-state index contributed by atoms with van der Waals surface area (Å²) in [6.45, 7) is 2.66. The fourth-order valence-electron chi connectivity index (χ4n) is 2.07. The Balaban J connectivity index is 2.11. The molecule has 3 nitrogen and oxygen atoms in total. The highest BCUT2D eigenvalue weighted by molar-refractivity contribution is 7.84. The van der Waals surface area contributed by atoms with Crippen LogP contribution in [-0.2, 0) is 21.3 Å². The van der Waals surface area contributed by atoms with Gasteiger partial charge in [-0.1, -0.05) is 18.2 Å². The van der Waals surface area contributed by atoms with Crippen molar-refractivity contribution in [1.29, 1.82) is 5.26 Å². The summed E-state index contributed by atoms with van der Waals surface area (Å²) in [6, 6.07) is 9.48. The van der Waals surface area contributed by atoms with Crippen molar-refractivity contribution in [3.05, 3.63) is 35.4 Å². The van der Waals surface area contributed by atoms with Gasteiger partial charge in [0.25, 0.3) is 0 Å². The van der Waals surface area contributed by atoms with Crippen LogP contribution in [0.4, 0.5) is 0 Å². The van der Waals surface area contributed by atoms with Crippen LogP contribution in [-0.4, -0.2) is 22.2 Å². The Labute approximate surface area is 104 Å². The molecular weight excluding hydrogens is 234 g/mol. The molecule has 0 aliphatic carbocycles. The van der Waals surface area contributed by atoms with Crippen LogP contribution in [0.3, 0.4) is 0 Å². The number of hydrogen-bond acceptors (Lipinski definition) is 3. The largest absolute Gasteiger partial charge is 0.377 e. The third-order valence-corrected chi connectivity index (χ3v) is 4.97. The van der Waals surface area contributed by atoms with Gasteiger partial charge in [0.05, 0.1) is 28.7 Å². The maximum atomic E-state index is 12.2. The van der Waals surface area contributed by atoms with E-state index in [2.05, 4.69) is 6.07 Å². The summed E-state index contributed by atoms with van der Waals surface area (Å²) in [5.74, 6) is 0.447. The summed E-state index contributed by atoms with van der Waals surface area (Å²) in [4.78, 5) is 0. The molecule has 1 aromatic rings. The van der Waals surface area contributed by atoms with Crippen LogP contribution < -0.4 is 0 Å². The smallest absolute Gasteiger partial charge is 0.0994 e. The normalized spacial score (nSPS) is 25.4. The summed E-state index contributed by atoms with van der Waals surface area (Å²) in [5.41, 5.74) is 1.49. The lowest BCUT2D eigenvalue weighted by atomic mass is 10.1. The SMILES string of the molecule is CC1OCCC1S(=O)Cc1ccccc1C#N. The predicted molar refractivity (Wildman–Crippen MR) is 66.8 cm³/mol. The maximum Gasteiger partial charge on any atom is 0.0994 e. The first kappa shape index (κ1) is 12.3. The average Bonchev–Trinajstić information content (AvgIpc) is 2.76. The van der Waals surface area contributed by atoms with E-state index in [1.165, 1.54) is 0 Å². The number of ether oxygens (including phenoxy) is 1. The van der Waals surface area contributed by atoms with Gasteiger partial charge in [0.1, 0.15) is 0 Å². The number of nitriles is 1. The number of hydrogen-bond donors (Lipinski definition) is 0. The summed E-state index contributed by atoms with van der Waals surface area (Å²) in [5, 5.41) is 9.07. The topological polar surface area (TPSA) is 50.1 Å². The van der Waals surface area contributed by atoms with E-state index in [0.717, 1.165) is 12.0 Å². The van der Waals surface area contributed by atoms with Crippen molar-refractivity contribution >= 4 is 10.8 Å². The van der Waals surface area contributed by atoms with Crippen LogP contribution >= 0.6 is 0 Å². The second-order valence-electron chi connectivity index (χ2n) is 4.20. The van der Waals surface area contributed by atoms with Crippen LogP contribution in [0.15, 0.2) is 24.3 Å². The molecule has 0 aromatic heterocycles. The monoisotopic (exact) mass is 249 g/mol. The Morgan fingerprint density at radius 1 is 1.53 bits per heavy atom. The fourth-order valence-corrected chi connectivity index (χ4v) is 3.71. The van der Waals surface area contributed by atoms with Gasteiger partial charge in [-0.05, 0) is 25.0 Å². The second kappa shape index (κ2) is 5.44. The van der Waals surface area contributed by atoms with Gasteiger partial charge in [0, 0.05) is 17.4 Å². The zero-order chi connectivity index (χ0) is 12.3. The van der Waals surface area contributed by atoms with Gasteiger partial charge in [0.2, 0.25) is 0 Å². The molecule has 17 heavy (non-hydrogen) atoms. The minimum absolute atomic E-state index is 0.0603. The van der Waals surface area contributed by atoms with Crippen molar-refractivity contribution in [2.24, 2.45) is 0 Å². The first-order valence-corrected chi connectivity index (χ1v) is 7.07. The quantitative estimate of drug-likeness (QED) is 0.823. The molecule has 3 unspecified atom stereocenters. The lowest BCUT2D eigenvalue weighted by Crippen LogP contribution is -2.24. The van der Waals surface area contributed by atoms with Crippen LogP contribution in [0.1, 0.15) is 24.5 Å². The average molecular weight is 249 g/mol. The highest BCUT2D eigenvalue weighted by Gasteiger charge is 2.29. The van der Waals surface area contributed by atoms with E-state index in [9.17, 15) is 4.21 Å². The van der Waals surface area contributed by atoms with E-state index in [0.29, 0.717) is 17.9 Å². The molecule has 0 spiro atoms. The highest BCUT2D eigenvalue weighted by atomic mass is 32.2. The van der Waals surface area contributed by atoms with Crippen LogP contribution in [0.2, 0.25) is 0 Å². The maximum absolute atomic E-state index is 12.2. The minimum Gasteiger partial charge on any atom is -0.377 e. The molecule has 0 bridgehead atoms. The van der Waals surface area contributed by atoms with Crippen LogP contribution in [0.25, 0.3) is 0 Å². The van der Waals surface area contributed by atoms with E-state index in [4.69, 9.17) is 10.00 Å².